The van der Waals surface area contributed by atoms with Gasteiger partial charge in [0.05, 0.1) is 11.2 Å². The highest BCUT2D eigenvalue weighted by atomic mass is 32.1. The summed E-state index contributed by atoms with van der Waals surface area (Å²) in [6.07, 6.45) is 1.73. The van der Waals surface area contributed by atoms with E-state index in [-0.39, 0.29) is 11.2 Å². The summed E-state index contributed by atoms with van der Waals surface area (Å²) < 4.78 is 6.10. The second-order valence-corrected chi connectivity index (χ2v) is 7.08. The van der Waals surface area contributed by atoms with Crippen molar-refractivity contribution in [3.05, 3.63) is 29.6 Å². The van der Waals surface area contributed by atoms with Crippen molar-refractivity contribution in [2.24, 2.45) is 5.73 Å². The molecule has 5 heteroatoms. The lowest BCUT2D eigenvalue weighted by Gasteiger charge is -2.47. The Morgan fingerprint density at radius 1 is 1.35 bits per heavy atom. The van der Waals surface area contributed by atoms with Crippen LogP contribution in [0.15, 0.2) is 18.3 Å². The Bertz CT molecular complexity index is 498. The second-order valence-electron chi connectivity index (χ2n) is 6.64. The van der Waals surface area contributed by atoms with Gasteiger partial charge < -0.3 is 10.5 Å². The van der Waals surface area contributed by atoms with Gasteiger partial charge in [-0.05, 0) is 39.3 Å². The van der Waals surface area contributed by atoms with E-state index in [1.165, 1.54) is 0 Å². The summed E-state index contributed by atoms with van der Waals surface area (Å²) in [4.78, 5) is 7.02. The third kappa shape index (κ3) is 3.75. The molecule has 2 N–H and O–H groups in total. The van der Waals surface area contributed by atoms with Crippen molar-refractivity contribution in [3.63, 3.8) is 0 Å². The van der Waals surface area contributed by atoms with Gasteiger partial charge in [0.1, 0.15) is 10.7 Å². The van der Waals surface area contributed by atoms with E-state index in [4.69, 9.17) is 22.7 Å². The molecule has 2 rings (SSSR count). The van der Waals surface area contributed by atoms with E-state index < -0.39 is 0 Å². The van der Waals surface area contributed by atoms with Crippen LogP contribution in [0.1, 0.15) is 39.0 Å². The van der Waals surface area contributed by atoms with Crippen molar-refractivity contribution in [1.29, 1.82) is 0 Å². The minimum Gasteiger partial charge on any atom is -0.388 e. The first-order valence-corrected chi connectivity index (χ1v) is 7.26. The molecule has 1 aliphatic heterocycles. The molecule has 0 aliphatic carbocycles. The van der Waals surface area contributed by atoms with Gasteiger partial charge in [-0.3, -0.25) is 9.88 Å². The fourth-order valence-electron chi connectivity index (χ4n) is 3.09. The molecule has 0 bridgehead atoms. The summed E-state index contributed by atoms with van der Waals surface area (Å²) in [7, 11) is 0. The first-order chi connectivity index (χ1) is 9.19. The molecule has 0 atom stereocenters. The van der Waals surface area contributed by atoms with Gasteiger partial charge >= 0.3 is 0 Å². The minimum atomic E-state index is -0.159. The summed E-state index contributed by atoms with van der Waals surface area (Å²) in [5.74, 6) is 0. The number of ether oxygens (including phenoxy) is 1. The van der Waals surface area contributed by atoms with E-state index in [9.17, 15) is 0 Å². The molecule has 1 aromatic heterocycles. The van der Waals surface area contributed by atoms with E-state index >= 15 is 0 Å². The number of morpholine rings is 1. The molecule has 0 spiro atoms. The minimum absolute atomic E-state index is 0.159. The van der Waals surface area contributed by atoms with Crippen LogP contribution in [0.3, 0.4) is 0 Å². The molecule has 1 fully saturated rings. The summed E-state index contributed by atoms with van der Waals surface area (Å²) in [6.45, 7) is 11.0. The summed E-state index contributed by atoms with van der Waals surface area (Å²) in [6, 6.07) is 3.96. The maximum atomic E-state index is 6.10. The van der Waals surface area contributed by atoms with Crippen molar-refractivity contribution < 1.29 is 4.74 Å². The van der Waals surface area contributed by atoms with E-state index in [0.717, 1.165) is 30.9 Å². The fraction of sp³-hybridized carbons (Fsp3) is 0.600. The molecule has 1 aromatic rings. The Kier molecular flexibility index (Phi) is 4.14. The fourth-order valence-corrected chi connectivity index (χ4v) is 3.27. The van der Waals surface area contributed by atoms with Crippen molar-refractivity contribution in [1.82, 2.24) is 9.88 Å². The van der Waals surface area contributed by atoms with Crippen LogP contribution in [0.2, 0.25) is 0 Å². The standard InChI is InChI=1S/C15H23N3OS/c1-14(2)9-18(10-15(3,4)19-14)8-11-6-5-7-17-12(11)13(16)20/h5-7H,8-10H2,1-4H3,(H2,16,20). The number of nitrogens with two attached hydrogens (primary N) is 1. The van der Waals surface area contributed by atoms with E-state index in [1.54, 1.807) is 6.20 Å². The molecular weight excluding hydrogens is 270 g/mol. The van der Waals surface area contributed by atoms with Crippen LogP contribution in [-0.4, -0.2) is 39.2 Å². The summed E-state index contributed by atoms with van der Waals surface area (Å²) in [5, 5.41) is 0. The van der Waals surface area contributed by atoms with Gasteiger partial charge in [0.2, 0.25) is 0 Å². The number of rotatable bonds is 3. The molecule has 2 heterocycles. The van der Waals surface area contributed by atoms with Crippen molar-refractivity contribution in [2.45, 2.75) is 45.4 Å². The molecule has 0 radical (unpaired) electrons. The number of hydrogen-bond acceptors (Lipinski definition) is 4. The van der Waals surface area contributed by atoms with Crippen molar-refractivity contribution in [3.8, 4) is 0 Å². The first-order valence-electron chi connectivity index (χ1n) is 6.85. The third-order valence-electron chi connectivity index (χ3n) is 3.28. The van der Waals surface area contributed by atoms with Gasteiger partial charge in [0.25, 0.3) is 0 Å². The van der Waals surface area contributed by atoms with Gasteiger partial charge in [-0.2, -0.15) is 0 Å². The largest absolute Gasteiger partial charge is 0.388 e. The molecule has 0 amide bonds. The average Bonchev–Trinajstić information content (AvgIpc) is 2.24. The lowest BCUT2D eigenvalue weighted by atomic mass is 9.98. The van der Waals surface area contributed by atoms with Crippen LogP contribution in [-0.2, 0) is 11.3 Å². The molecule has 0 saturated carbocycles. The SMILES string of the molecule is CC1(C)CN(Cc2cccnc2C(N)=S)CC(C)(C)O1. The predicted molar refractivity (Wildman–Crippen MR) is 84.6 cm³/mol. The van der Waals surface area contributed by atoms with Crippen LogP contribution < -0.4 is 5.73 Å². The van der Waals surface area contributed by atoms with Gasteiger partial charge in [0, 0.05) is 25.8 Å². The van der Waals surface area contributed by atoms with Crippen LogP contribution >= 0.6 is 12.2 Å². The molecule has 20 heavy (non-hydrogen) atoms. The Balaban J connectivity index is 2.20. The highest BCUT2D eigenvalue weighted by Crippen LogP contribution is 2.29. The third-order valence-corrected chi connectivity index (χ3v) is 3.47. The van der Waals surface area contributed by atoms with E-state index in [1.807, 2.05) is 12.1 Å². The monoisotopic (exact) mass is 293 g/mol. The smallest absolute Gasteiger partial charge is 0.123 e. The number of thiocarbonyl (C=S) groups is 1. The van der Waals surface area contributed by atoms with Gasteiger partial charge in [-0.15, -0.1) is 0 Å². The Morgan fingerprint density at radius 3 is 2.50 bits per heavy atom. The first kappa shape index (κ1) is 15.4. The normalized spacial score (nSPS) is 21.6. The van der Waals surface area contributed by atoms with Crippen molar-refractivity contribution in [2.75, 3.05) is 13.1 Å². The zero-order valence-electron chi connectivity index (χ0n) is 12.6. The predicted octanol–water partition coefficient (Wildman–Crippen LogP) is 2.11. The molecule has 0 aromatic carbocycles. The molecule has 1 aliphatic rings. The number of hydrogen-bond donors (Lipinski definition) is 1. The van der Waals surface area contributed by atoms with Gasteiger partial charge in [-0.1, -0.05) is 18.3 Å². The topological polar surface area (TPSA) is 51.4 Å². The van der Waals surface area contributed by atoms with E-state index in [0.29, 0.717) is 4.99 Å². The lowest BCUT2D eigenvalue weighted by Crippen LogP contribution is -2.56. The van der Waals surface area contributed by atoms with Crippen LogP contribution in [0.25, 0.3) is 0 Å². The number of pyridine rings is 1. The maximum Gasteiger partial charge on any atom is 0.123 e. The summed E-state index contributed by atoms with van der Waals surface area (Å²) in [5.41, 5.74) is 7.24. The highest BCUT2D eigenvalue weighted by molar-refractivity contribution is 7.80. The Hall–Kier alpha value is -1.04. The lowest BCUT2D eigenvalue weighted by molar-refractivity contribution is -0.182. The maximum absolute atomic E-state index is 6.10. The van der Waals surface area contributed by atoms with Crippen LogP contribution in [0, 0.1) is 0 Å². The van der Waals surface area contributed by atoms with Crippen molar-refractivity contribution >= 4 is 17.2 Å². The van der Waals surface area contributed by atoms with Crippen LogP contribution in [0.4, 0.5) is 0 Å². The zero-order chi connectivity index (χ0) is 15.0. The molecule has 4 nitrogen and oxygen atoms in total. The highest BCUT2D eigenvalue weighted by Gasteiger charge is 2.38. The average molecular weight is 293 g/mol. The number of nitrogens with zero attached hydrogens (tertiary/aromatic N) is 2. The Morgan fingerprint density at radius 2 is 1.95 bits per heavy atom. The Labute approximate surface area is 126 Å². The molecule has 0 unspecified atom stereocenters. The second kappa shape index (κ2) is 5.39. The van der Waals surface area contributed by atoms with Crippen LogP contribution in [0.5, 0.6) is 0 Å². The zero-order valence-corrected chi connectivity index (χ0v) is 13.5. The van der Waals surface area contributed by atoms with Gasteiger partial charge in [0.15, 0.2) is 0 Å². The summed E-state index contributed by atoms with van der Waals surface area (Å²) >= 11 is 5.08. The molecular formula is C15H23N3OS. The van der Waals surface area contributed by atoms with Gasteiger partial charge in [-0.25, -0.2) is 0 Å². The van der Waals surface area contributed by atoms with E-state index in [2.05, 4.69) is 37.6 Å². The molecule has 1 saturated heterocycles. The quantitative estimate of drug-likeness (QED) is 0.865. The number of aromatic nitrogens is 1. The molecule has 110 valence electrons.